The molecule has 0 aliphatic carbocycles. The SMILES string of the molecule is CCCO[C@@H]1[C@@H](O)[C@H](C)OC(OC)[C@@H]1O.CCCO[C@@H]1[C@@H](OC)[C@H](C)OC(O)[C@@H]1OC.COC1O[C@@H](C)[C@H](O)[C@@H](O)[C@H]1O.COC1O[C@@H](C)[C@H](O)[C@H]2OB(c3ccccc3)O[C@@H]12.OB(O)c1ccccc1.[2H]CF. The molecule has 22 nitrogen and oxygen atoms in total. The highest BCUT2D eigenvalue weighted by atomic mass is 19.1. The van der Waals surface area contributed by atoms with Crippen LogP contribution in [0.4, 0.5) is 4.39 Å². The van der Waals surface area contributed by atoms with Gasteiger partial charge in [-0.05, 0) is 51.5 Å². The molecule has 420 valence electrons. The van der Waals surface area contributed by atoms with Gasteiger partial charge in [0.1, 0.15) is 73.2 Å². The van der Waals surface area contributed by atoms with Crippen LogP contribution in [0.25, 0.3) is 0 Å². The van der Waals surface area contributed by atoms with Gasteiger partial charge in [0.25, 0.3) is 0 Å². The van der Waals surface area contributed by atoms with Gasteiger partial charge in [-0.1, -0.05) is 74.5 Å². The fraction of sp³-hybridized carbons (Fsp3) is 0.750. The smallest absolute Gasteiger partial charge is 0.423 e. The van der Waals surface area contributed by atoms with E-state index in [9.17, 15) is 40.1 Å². The Hall–Kier alpha value is -2.38. The molecule has 25 heteroatoms. The summed E-state index contributed by atoms with van der Waals surface area (Å²) in [5.41, 5.74) is 1.45. The van der Waals surface area contributed by atoms with E-state index in [1.54, 1.807) is 59.3 Å². The molecule has 5 fully saturated rings. The zero-order valence-electron chi connectivity index (χ0n) is 44.7. The molecule has 73 heavy (non-hydrogen) atoms. The maximum absolute atomic E-state index is 10.1. The quantitative estimate of drug-likeness (QED) is 0.106. The van der Waals surface area contributed by atoms with Crippen molar-refractivity contribution in [1.82, 2.24) is 0 Å². The molecule has 5 saturated heterocycles. The number of aliphatic hydroxyl groups is 7. The van der Waals surface area contributed by atoms with Crippen LogP contribution in [-0.4, -0.2) is 239 Å². The molecule has 5 heterocycles. The predicted molar refractivity (Wildman–Crippen MR) is 263 cm³/mol. The maximum atomic E-state index is 10.1. The maximum Gasteiger partial charge on any atom is 0.494 e. The Morgan fingerprint density at radius 1 is 0.521 bits per heavy atom. The van der Waals surface area contributed by atoms with Gasteiger partial charge in [-0.25, -0.2) is 0 Å². The lowest BCUT2D eigenvalue weighted by atomic mass is 9.79. The Labute approximate surface area is 431 Å². The summed E-state index contributed by atoms with van der Waals surface area (Å²) in [6, 6.07) is 18.3. The first kappa shape index (κ1) is 64.9. The van der Waals surface area contributed by atoms with E-state index in [4.69, 9.17) is 72.8 Å². The van der Waals surface area contributed by atoms with Crippen LogP contribution in [0.5, 0.6) is 0 Å². The molecule has 4 unspecified atom stereocenters. The minimum Gasteiger partial charge on any atom is -0.423 e. The second-order valence-electron chi connectivity index (χ2n) is 17.3. The average Bonchev–Trinajstić information content (AvgIpc) is 3.86. The van der Waals surface area contributed by atoms with Gasteiger partial charge in [0.15, 0.2) is 25.2 Å². The van der Waals surface area contributed by atoms with Crippen molar-refractivity contribution in [1.29, 1.82) is 0 Å². The van der Waals surface area contributed by atoms with E-state index >= 15 is 0 Å². The van der Waals surface area contributed by atoms with Gasteiger partial charge in [0, 0.05) is 48.8 Å². The second kappa shape index (κ2) is 35.1. The van der Waals surface area contributed by atoms with Crippen LogP contribution in [-0.2, 0) is 61.4 Å². The lowest BCUT2D eigenvalue weighted by Crippen LogP contribution is -2.59. The van der Waals surface area contributed by atoms with Gasteiger partial charge < -0.3 is 107 Å². The average molecular weight is 1050 g/mol. The van der Waals surface area contributed by atoms with E-state index in [2.05, 4.69) is 0 Å². The summed E-state index contributed by atoms with van der Waals surface area (Å²) in [4.78, 5) is 0. The Morgan fingerprint density at radius 2 is 0.973 bits per heavy atom. The number of halogens is 1. The number of ether oxygens (including phenoxy) is 11. The summed E-state index contributed by atoms with van der Waals surface area (Å²) < 4.78 is 85.0. The zero-order chi connectivity index (χ0) is 55.7. The molecule has 0 radical (unpaired) electrons. The van der Waals surface area contributed by atoms with E-state index in [0.717, 1.165) is 18.3 Å². The molecule has 2 aromatic carbocycles. The van der Waals surface area contributed by atoms with Gasteiger partial charge in [-0.3, -0.25) is 4.39 Å². The Balaban J connectivity index is 0.000000318. The van der Waals surface area contributed by atoms with Crippen molar-refractivity contribution in [2.45, 2.75) is 177 Å². The highest BCUT2D eigenvalue weighted by Crippen LogP contribution is 2.32. The molecule has 0 bridgehead atoms. The van der Waals surface area contributed by atoms with Crippen molar-refractivity contribution in [3.63, 3.8) is 0 Å². The van der Waals surface area contributed by atoms with Crippen molar-refractivity contribution in [2.24, 2.45) is 0 Å². The lowest BCUT2D eigenvalue weighted by Gasteiger charge is -2.42. The molecular formula is C48H83B2FO22. The monoisotopic (exact) mass is 1050 g/mol. The number of fused-ring (bicyclic) bond motifs is 1. The third-order valence-corrected chi connectivity index (χ3v) is 12.1. The van der Waals surface area contributed by atoms with Crippen LogP contribution < -0.4 is 10.9 Å². The van der Waals surface area contributed by atoms with E-state index in [-0.39, 0.29) is 24.4 Å². The number of hydrogen-bond acceptors (Lipinski definition) is 22. The predicted octanol–water partition coefficient (Wildman–Crippen LogP) is -1.23. The highest BCUT2D eigenvalue weighted by Gasteiger charge is 2.53. The summed E-state index contributed by atoms with van der Waals surface area (Å²) in [6.07, 6.45) is -11.3. The van der Waals surface area contributed by atoms with Crippen molar-refractivity contribution in [3.8, 4) is 0 Å². The van der Waals surface area contributed by atoms with Crippen LogP contribution in [0.2, 0.25) is 0 Å². The number of methoxy groups -OCH3 is 5. The number of hydrogen-bond donors (Lipinski definition) is 9. The van der Waals surface area contributed by atoms with E-state index in [0.29, 0.717) is 18.7 Å². The molecule has 5 aliphatic rings. The van der Waals surface area contributed by atoms with Crippen molar-refractivity contribution in [3.05, 3.63) is 60.7 Å². The van der Waals surface area contributed by atoms with E-state index < -0.39 is 120 Å². The fourth-order valence-corrected chi connectivity index (χ4v) is 8.05. The van der Waals surface area contributed by atoms with Crippen LogP contribution >= 0.6 is 0 Å². The standard InChI is InChI=1S/C13H17BO5.C11H22O5.C10H20O5.C7H14O5.C6H7BO2.CH3F/c1-8-10(15)11-12(13(16-2)17-8)19-14(18-11)9-6-4-3-5-7-9;1-5-6-15-9-8(13-3)7(2)16-11(12)10(9)14-4;1-4-5-14-9-7(11)6(2)15-10(13-3)8(9)12;1-3-4(8)5(9)6(10)7(11-2)12-3;8-7(9)6-4-2-1-3-5-6;1-2/h3-8,10-13,15H,1-2H3;7-12H,5-6H2,1-4H3;6-12H,4-5H2,1-3H3;3-10H,1-2H3;1-5,8-9H;1H3/t8-,10-,11+,12+,13?;7-,8-,9+,10+,11?;6-,7-,8+,9+,10?;3-,4-,5+,6+,7?;;/m0000../s1/i;;;;;1D. The number of rotatable bonds is 13. The van der Waals surface area contributed by atoms with Crippen molar-refractivity contribution < 1.29 is 113 Å². The molecule has 9 N–H and O–H groups in total. The molecule has 0 spiro atoms. The van der Waals surface area contributed by atoms with Crippen LogP contribution in [0.1, 0.15) is 55.8 Å². The molecule has 5 aliphatic heterocycles. The molecule has 7 rings (SSSR count). The third-order valence-electron chi connectivity index (χ3n) is 12.1. The second-order valence-corrected chi connectivity index (χ2v) is 17.3. The van der Waals surface area contributed by atoms with Gasteiger partial charge in [-0.15, -0.1) is 0 Å². The molecule has 2 aromatic rings. The minimum atomic E-state index is -1.34. The van der Waals surface area contributed by atoms with E-state index in [1.165, 1.54) is 21.3 Å². The van der Waals surface area contributed by atoms with Crippen molar-refractivity contribution in [2.75, 3.05) is 55.9 Å². The Bertz CT molecular complexity index is 1690. The minimum absolute atomic E-state index is 0.215. The Kier molecular flexibility index (Phi) is 31.2. The zero-order valence-corrected chi connectivity index (χ0v) is 43.7. The largest absolute Gasteiger partial charge is 0.494 e. The topological polar surface area (TPSA) is 302 Å². The third kappa shape index (κ3) is 19.5. The number of alkyl halides is 1. The van der Waals surface area contributed by atoms with E-state index in [1.807, 2.05) is 57.2 Å². The number of benzene rings is 2. The summed E-state index contributed by atoms with van der Waals surface area (Å²) in [7, 11) is 4.69. The molecule has 0 aromatic heterocycles. The Morgan fingerprint density at radius 3 is 1.45 bits per heavy atom. The molecule has 0 amide bonds. The fourth-order valence-electron chi connectivity index (χ4n) is 8.05. The van der Waals surface area contributed by atoms with Gasteiger partial charge >= 0.3 is 14.2 Å². The molecule has 20 atom stereocenters. The molecule has 0 saturated carbocycles. The van der Waals surface area contributed by atoms with Crippen molar-refractivity contribution >= 4 is 25.2 Å². The molecular weight excluding hydrogens is 969 g/mol. The number of aliphatic hydroxyl groups excluding tert-OH is 7. The summed E-state index contributed by atoms with van der Waals surface area (Å²) >= 11 is 0. The summed E-state index contributed by atoms with van der Waals surface area (Å²) in [5, 5.41) is 84.4. The first-order valence-corrected chi connectivity index (χ1v) is 24.1. The first-order chi connectivity index (χ1) is 35.3. The summed E-state index contributed by atoms with van der Waals surface area (Å²) in [6.45, 7) is 12.1. The normalized spacial score (nSPS) is 36.8. The van der Waals surface area contributed by atoms with Crippen LogP contribution in [0, 0.1) is 0 Å². The van der Waals surface area contributed by atoms with Gasteiger partial charge in [0.05, 0.1) is 32.9 Å². The van der Waals surface area contributed by atoms with Crippen LogP contribution in [0.3, 0.4) is 0 Å². The highest BCUT2D eigenvalue weighted by molar-refractivity contribution is 6.61. The van der Waals surface area contributed by atoms with Crippen LogP contribution in [0.15, 0.2) is 60.7 Å². The summed E-state index contributed by atoms with van der Waals surface area (Å²) in [5.74, 6) is 0. The van der Waals surface area contributed by atoms with Gasteiger partial charge in [-0.2, -0.15) is 0 Å². The first-order valence-electron chi connectivity index (χ1n) is 24.9. The van der Waals surface area contributed by atoms with Gasteiger partial charge in [0.2, 0.25) is 0 Å². The lowest BCUT2D eigenvalue weighted by molar-refractivity contribution is -0.295.